The minimum absolute atomic E-state index is 0.0819. The fraction of sp³-hybridized carbons (Fsp3) is 0.222. The normalized spacial score (nSPS) is 11.1. The molecule has 2 aromatic rings. The molecule has 0 amide bonds. The highest BCUT2D eigenvalue weighted by molar-refractivity contribution is 9.13. The third kappa shape index (κ3) is 4.53. The van der Waals surface area contributed by atoms with Gasteiger partial charge in [-0.1, -0.05) is 12.1 Å². The van der Waals surface area contributed by atoms with Crippen LogP contribution in [-0.2, 0) is 6.54 Å². The lowest BCUT2D eigenvalue weighted by Gasteiger charge is -2.12. The lowest BCUT2D eigenvalue weighted by atomic mass is 10.1. The number of ketones is 1. The monoisotopic (exact) mass is 465 g/mol. The summed E-state index contributed by atoms with van der Waals surface area (Å²) in [6.45, 7) is 0.484. The molecule has 0 aliphatic heterocycles. The first kappa shape index (κ1) is 19.3. The molecule has 0 radical (unpaired) electrons. The maximum absolute atomic E-state index is 12.8. The van der Waals surface area contributed by atoms with Crippen molar-refractivity contribution in [2.75, 3.05) is 21.2 Å². The first-order valence-electron chi connectivity index (χ1n) is 7.38. The quantitative estimate of drug-likeness (QED) is 0.363. The maximum Gasteiger partial charge on any atom is 0.221 e. The molecule has 0 aliphatic rings. The van der Waals surface area contributed by atoms with Crippen molar-refractivity contribution >= 4 is 37.6 Å². The lowest BCUT2D eigenvalue weighted by molar-refractivity contribution is 0.102. The van der Waals surface area contributed by atoms with Gasteiger partial charge in [0.05, 0.1) is 21.9 Å². The summed E-state index contributed by atoms with van der Waals surface area (Å²) < 4.78 is 8.50. The van der Waals surface area contributed by atoms with E-state index in [4.69, 9.17) is 4.74 Å². The standard InChI is InChI=1S/C18H17Br2N3O2/c1-22(2)11-13(9-21)17(24)16-8-15(19)18(20)23(16)10-12-4-6-14(25-3)7-5-12/h4-8,11H,10H2,1-3H3/b13-11+. The fourth-order valence-corrected chi connectivity index (χ4v) is 3.14. The van der Waals surface area contributed by atoms with Crippen LogP contribution in [0.25, 0.3) is 0 Å². The Morgan fingerprint density at radius 1 is 1.32 bits per heavy atom. The van der Waals surface area contributed by atoms with Crippen LogP contribution in [0.4, 0.5) is 0 Å². The van der Waals surface area contributed by atoms with Gasteiger partial charge in [-0.15, -0.1) is 0 Å². The van der Waals surface area contributed by atoms with E-state index in [9.17, 15) is 10.1 Å². The zero-order valence-electron chi connectivity index (χ0n) is 14.1. The molecule has 0 saturated heterocycles. The molecule has 130 valence electrons. The van der Waals surface area contributed by atoms with Crippen molar-refractivity contribution in [3.05, 3.63) is 62.4 Å². The predicted octanol–water partition coefficient (Wildman–Crippen LogP) is 4.22. The van der Waals surface area contributed by atoms with Crippen LogP contribution < -0.4 is 4.74 Å². The average Bonchev–Trinajstić information content (AvgIpc) is 2.88. The van der Waals surface area contributed by atoms with E-state index in [1.165, 1.54) is 6.20 Å². The van der Waals surface area contributed by atoms with Gasteiger partial charge in [0.15, 0.2) is 0 Å². The molecule has 7 heteroatoms. The zero-order chi connectivity index (χ0) is 18.6. The van der Waals surface area contributed by atoms with E-state index in [2.05, 4.69) is 31.9 Å². The van der Waals surface area contributed by atoms with Gasteiger partial charge in [0.2, 0.25) is 5.78 Å². The zero-order valence-corrected chi connectivity index (χ0v) is 17.3. The van der Waals surface area contributed by atoms with Crippen molar-refractivity contribution in [3.63, 3.8) is 0 Å². The second-order valence-electron chi connectivity index (χ2n) is 5.55. The number of benzene rings is 1. The molecular formula is C18H17Br2N3O2. The highest BCUT2D eigenvalue weighted by Crippen LogP contribution is 2.30. The van der Waals surface area contributed by atoms with Crippen molar-refractivity contribution < 1.29 is 9.53 Å². The SMILES string of the molecule is COc1ccc(Cn2c(C(=O)/C(C#N)=C/N(C)C)cc(Br)c2Br)cc1. The van der Waals surface area contributed by atoms with Gasteiger partial charge in [0, 0.05) is 26.8 Å². The first-order valence-corrected chi connectivity index (χ1v) is 8.96. The van der Waals surface area contributed by atoms with E-state index in [1.807, 2.05) is 34.9 Å². The number of halogens is 2. The summed E-state index contributed by atoms with van der Waals surface area (Å²) in [6.07, 6.45) is 1.52. The van der Waals surface area contributed by atoms with E-state index >= 15 is 0 Å². The fourth-order valence-electron chi connectivity index (χ4n) is 2.28. The topological polar surface area (TPSA) is 58.3 Å². The van der Waals surface area contributed by atoms with Crippen LogP contribution in [0.5, 0.6) is 5.75 Å². The van der Waals surface area contributed by atoms with Crippen molar-refractivity contribution in [2.24, 2.45) is 0 Å². The van der Waals surface area contributed by atoms with Crippen molar-refractivity contribution in [2.45, 2.75) is 6.54 Å². The number of allylic oxidation sites excluding steroid dienone is 1. The summed E-state index contributed by atoms with van der Waals surface area (Å²) in [6, 6.07) is 11.3. The van der Waals surface area contributed by atoms with Gasteiger partial charge < -0.3 is 14.2 Å². The van der Waals surface area contributed by atoms with Crippen LogP contribution in [0.1, 0.15) is 16.1 Å². The number of hydrogen-bond donors (Lipinski definition) is 0. The van der Waals surface area contributed by atoms with Crippen LogP contribution in [-0.4, -0.2) is 36.5 Å². The van der Waals surface area contributed by atoms with Crippen LogP contribution in [0.3, 0.4) is 0 Å². The van der Waals surface area contributed by atoms with E-state index < -0.39 is 0 Å². The molecule has 5 nitrogen and oxygen atoms in total. The molecule has 1 heterocycles. The first-order chi connectivity index (χ1) is 11.9. The van der Waals surface area contributed by atoms with Gasteiger partial charge in [-0.3, -0.25) is 4.79 Å². The molecular weight excluding hydrogens is 450 g/mol. The number of carbonyl (C=O) groups is 1. The molecule has 2 rings (SSSR count). The van der Waals surface area contributed by atoms with Crippen LogP contribution >= 0.6 is 31.9 Å². The van der Waals surface area contributed by atoms with E-state index in [1.54, 1.807) is 32.2 Å². The number of nitriles is 1. The summed E-state index contributed by atoms with van der Waals surface area (Å²) in [5.41, 5.74) is 1.52. The highest BCUT2D eigenvalue weighted by atomic mass is 79.9. The number of Topliss-reactive ketones (excluding diaryl/α,β-unsaturated/α-hetero) is 1. The summed E-state index contributed by atoms with van der Waals surface area (Å²) in [4.78, 5) is 14.5. The third-order valence-electron chi connectivity index (χ3n) is 3.47. The number of rotatable bonds is 6. The van der Waals surface area contributed by atoms with Crippen molar-refractivity contribution in [1.82, 2.24) is 9.47 Å². The van der Waals surface area contributed by atoms with Crippen LogP contribution in [0, 0.1) is 11.3 Å². The van der Waals surface area contributed by atoms with E-state index in [0.29, 0.717) is 12.2 Å². The van der Waals surface area contributed by atoms with Gasteiger partial charge in [0.25, 0.3) is 0 Å². The van der Waals surface area contributed by atoms with E-state index in [-0.39, 0.29) is 11.4 Å². The number of ether oxygens (including phenoxy) is 1. The molecule has 0 unspecified atom stereocenters. The number of methoxy groups -OCH3 is 1. The van der Waals surface area contributed by atoms with E-state index in [0.717, 1.165) is 20.4 Å². The van der Waals surface area contributed by atoms with Gasteiger partial charge >= 0.3 is 0 Å². The molecule has 0 fully saturated rings. The largest absolute Gasteiger partial charge is 0.497 e. The Bertz CT molecular complexity index is 846. The predicted molar refractivity (Wildman–Crippen MR) is 104 cm³/mol. The number of hydrogen-bond acceptors (Lipinski definition) is 4. The Kier molecular flexibility index (Phi) is 6.45. The molecule has 0 spiro atoms. The van der Waals surface area contributed by atoms with Crippen LogP contribution in [0.2, 0.25) is 0 Å². The van der Waals surface area contributed by atoms with Gasteiger partial charge in [-0.05, 0) is 55.6 Å². The Morgan fingerprint density at radius 2 is 1.96 bits per heavy atom. The third-order valence-corrected chi connectivity index (χ3v) is 5.46. The smallest absolute Gasteiger partial charge is 0.221 e. The second-order valence-corrected chi connectivity index (χ2v) is 7.16. The lowest BCUT2D eigenvalue weighted by Crippen LogP contribution is -2.14. The van der Waals surface area contributed by atoms with Crippen LogP contribution in [0.15, 0.2) is 51.2 Å². The number of carbonyl (C=O) groups excluding carboxylic acids is 1. The number of aromatic nitrogens is 1. The Balaban J connectivity index is 2.42. The molecule has 1 aromatic carbocycles. The molecule has 0 saturated carbocycles. The molecule has 0 aliphatic carbocycles. The molecule has 1 aromatic heterocycles. The minimum Gasteiger partial charge on any atom is -0.497 e. The Hall–Kier alpha value is -2.04. The van der Waals surface area contributed by atoms with Crippen molar-refractivity contribution in [1.29, 1.82) is 5.26 Å². The number of nitrogens with zero attached hydrogens (tertiary/aromatic N) is 3. The molecule has 0 N–H and O–H groups in total. The maximum atomic E-state index is 12.8. The van der Waals surface area contributed by atoms with Gasteiger partial charge in [-0.25, -0.2) is 0 Å². The molecule has 0 atom stereocenters. The molecule has 25 heavy (non-hydrogen) atoms. The summed E-state index contributed by atoms with van der Waals surface area (Å²) in [5, 5.41) is 9.31. The summed E-state index contributed by atoms with van der Waals surface area (Å²) >= 11 is 6.94. The summed E-state index contributed by atoms with van der Waals surface area (Å²) in [7, 11) is 5.16. The van der Waals surface area contributed by atoms with Crippen molar-refractivity contribution in [3.8, 4) is 11.8 Å². The van der Waals surface area contributed by atoms with Gasteiger partial charge in [0.1, 0.15) is 17.4 Å². The van der Waals surface area contributed by atoms with Gasteiger partial charge in [-0.2, -0.15) is 5.26 Å². The minimum atomic E-state index is -0.323. The highest BCUT2D eigenvalue weighted by Gasteiger charge is 2.21. The Morgan fingerprint density at radius 3 is 2.48 bits per heavy atom. The summed E-state index contributed by atoms with van der Waals surface area (Å²) in [5.74, 6) is 0.449. The Labute approximate surface area is 163 Å². The second kappa shape index (κ2) is 8.37. The average molecular weight is 467 g/mol. The molecule has 0 bridgehead atoms.